The molecule has 6 heteroatoms. The summed E-state index contributed by atoms with van der Waals surface area (Å²) < 4.78 is 5.20. The van der Waals surface area contributed by atoms with Crippen molar-refractivity contribution in [2.24, 2.45) is 0 Å². The third-order valence-corrected chi connectivity index (χ3v) is 3.09. The van der Waals surface area contributed by atoms with Gasteiger partial charge in [-0.25, -0.2) is 4.79 Å². The van der Waals surface area contributed by atoms with Gasteiger partial charge in [0.25, 0.3) is 0 Å². The zero-order valence-electron chi connectivity index (χ0n) is 11.4. The fraction of sp³-hybridized carbons (Fsp3) is 0.429. The van der Waals surface area contributed by atoms with E-state index in [2.05, 4.69) is 16.0 Å². The van der Waals surface area contributed by atoms with E-state index < -0.39 is 0 Å². The lowest BCUT2D eigenvalue weighted by Gasteiger charge is -2.12. The number of hydrogen-bond acceptors (Lipinski definition) is 3. The number of nitrogens with one attached hydrogen (secondary N) is 3. The number of carbonyl (C=O) groups is 2. The highest BCUT2D eigenvalue weighted by molar-refractivity contribution is 5.89. The monoisotopic (exact) mass is 277 g/mol. The molecule has 1 saturated heterocycles. The van der Waals surface area contributed by atoms with Gasteiger partial charge in [0.1, 0.15) is 0 Å². The Morgan fingerprint density at radius 2 is 2.25 bits per heavy atom. The Hall–Kier alpha value is -2.08. The minimum Gasteiger partial charge on any atom is -0.379 e. The van der Waals surface area contributed by atoms with Crippen molar-refractivity contribution in [3.8, 4) is 0 Å². The Labute approximate surface area is 117 Å². The molecule has 0 spiro atoms. The van der Waals surface area contributed by atoms with Crippen LogP contribution in [0.1, 0.15) is 12.0 Å². The quantitative estimate of drug-likeness (QED) is 0.764. The molecule has 1 aromatic rings. The summed E-state index contributed by atoms with van der Waals surface area (Å²) in [7, 11) is 1.60. The molecule has 1 aliphatic heterocycles. The average molecular weight is 277 g/mol. The SMILES string of the molecule is CNC(=O)Cc1cccc(NC(=O)NC2CCOC2)c1. The molecule has 20 heavy (non-hydrogen) atoms. The van der Waals surface area contributed by atoms with Crippen LogP contribution < -0.4 is 16.0 Å². The summed E-state index contributed by atoms with van der Waals surface area (Å²) in [6.07, 6.45) is 1.13. The van der Waals surface area contributed by atoms with E-state index in [1.807, 2.05) is 12.1 Å². The molecule has 0 aliphatic carbocycles. The van der Waals surface area contributed by atoms with Crippen LogP contribution in [0.3, 0.4) is 0 Å². The molecule has 3 amide bonds. The van der Waals surface area contributed by atoms with Gasteiger partial charge in [0.2, 0.25) is 5.91 Å². The van der Waals surface area contributed by atoms with Gasteiger partial charge in [-0.2, -0.15) is 0 Å². The number of hydrogen-bond donors (Lipinski definition) is 3. The number of benzene rings is 1. The highest BCUT2D eigenvalue weighted by Crippen LogP contribution is 2.11. The largest absolute Gasteiger partial charge is 0.379 e. The second-order valence-electron chi connectivity index (χ2n) is 4.71. The van der Waals surface area contributed by atoms with Crippen LogP contribution in [0.4, 0.5) is 10.5 Å². The maximum Gasteiger partial charge on any atom is 0.319 e. The number of anilines is 1. The molecule has 0 radical (unpaired) electrons. The zero-order valence-corrected chi connectivity index (χ0v) is 11.4. The topological polar surface area (TPSA) is 79.5 Å². The third-order valence-electron chi connectivity index (χ3n) is 3.09. The van der Waals surface area contributed by atoms with Gasteiger partial charge >= 0.3 is 6.03 Å². The van der Waals surface area contributed by atoms with Crippen LogP contribution in [0, 0.1) is 0 Å². The van der Waals surface area contributed by atoms with E-state index in [1.54, 1.807) is 19.2 Å². The average Bonchev–Trinajstić information content (AvgIpc) is 2.91. The Kier molecular flexibility index (Phi) is 4.95. The maximum absolute atomic E-state index is 11.8. The number of ether oxygens (including phenoxy) is 1. The van der Waals surface area contributed by atoms with Gasteiger partial charge in [0.05, 0.1) is 19.1 Å². The zero-order chi connectivity index (χ0) is 14.4. The molecule has 1 aromatic carbocycles. The predicted molar refractivity (Wildman–Crippen MR) is 75.6 cm³/mol. The van der Waals surface area contributed by atoms with Crippen LogP contribution in [-0.2, 0) is 16.0 Å². The van der Waals surface area contributed by atoms with E-state index in [0.29, 0.717) is 25.3 Å². The summed E-state index contributed by atoms with van der Waals surface area (Å²) in [5.74, 6) is -0.0605. The molecular formula is C14H19N3O3. The van der Waals surface area contributed by atoms with Gasteiger partial charge in [-0.05, 0) is 24.1 Å². The summed E-state index contributed by atoms with van der Waals surface area (Å²) in [6, 6.07) is 7.06. The lowest BCUT2D eigenvalue weighted by atomic mass is 10.1. The van der Waals surface area contributed by atoms with E-state index in [1.165, 1.54) is 0 Å². The number of likely N-dealkylation sites (N-methyl/N-ethyl adjacent to an activating group) is 1. The summed E-state index contributed by atoms with van der Waals surface area (Å²) in [4.78, 5) is 23.1. The fourth-order valence-corrected chi connectivity index (χ4v) is 2.03. The van der Waals surface area contributed by atoms with Gasteiger partial charge in [-0.1, -0.05) is 12.1 Å². The number of amides is 3. The van der Waals surface area contributed by atoms with Crippen LogP contribution in [0.25, 0.3) is 0 Å². The molecule has 1 heterocycles. The molecule has 0 aromatic heterocycles. The highest BCUT2D eigenvalue weighted by Gasteiger charge is 2.17. The smallest absolute Gasteiger partial charge is 0.319 e. The van der Waals surface area contributed by atoms with Crippen molar-refractivity contribution in [1.82, 2.24) is 10.6 Å². The molecule has 0 saturated carbocycles. The van der Waals surface area contributed by atoms with E-state index in [0.717, 1.165) is 12.0 Å². The molecular weight excluding hydrogens is 258 g/mol. The summed E-state index contributed by atoms with van der Waals surface area (Å²) in [5, 5.41) is 8.18. The Bertz CT molecular complexity index is 484. The van der Waals surface area contributed by atoms with Crippen molar-refractivity contribution in [1.29, 1.82) is 0 Å². The van der Waals surface area contributed by atoms with Crippen molar-refractivity contribution in [3.63, 3.8) is 0 Å². The first-order valence-electron chi connectivity index (χ1n) is 6.62. The third kappa shape index (κ3) is 4.24. The Balaban J connectivity index is 1.89. The highest BCUT2D eigenvalue weighted by atomic mass is 16.5. The van der Waals surface area contributed by atoms with Crippen LogP contribution in [-0.4, -0.2) is 38.2 Å². The molecule has 1 unspecified atom stereocenters. The van der Waals surface area contributed by atoms with E-state index in [4.69, 9.17) is 4.74 Å². The molecule has 3 N–H and O–H groups in total. The van der Waals surface area contributed by atoms with Gasteiger partial charge < -0.3 is 20.7 Å². The molecule has 2 rings (SSSR count). The Morgan fingerprint density at radius 1 is 1.40 bits per heavy atom. The number of urea groups is 1. The molecule has 6 nitrogen and oxygen atoms in total. The van der Waals surface area contributed by atoms with Gasteiger partial charge in [0.15, 0.2) is 0 Å². The number of rotatable bonds is 4. The minimum atomic E-state index is -0.252. The maximum atomic E-state index is 11.8. The summed E-state index contributed by atoms with van der Waals surface area (Å²) >= 11 is 0. The molecule has 1 aliphatic rings. The van der Waals surface area contributed by atoms with Crippen LogP contribution in [0.15, 0.2) is 24.3 Å². The second kappa shape index (κ2) is 6.91. The predicted octanol–water partition coefficient (Wildman–Crippen LogP) is 0.885. The summed E-state index contributed by atoms with van der Waals surface area (Å²) in [6.45, 7) is 1.25. The van der Waals surface area contributed by atoms with Crippen molar-refractivity contribution < 1.29 is 14.3 Å². The second-order valence-corrected chi connectivity index (χ2v) is 4.71. The standard InChI is InChI=1S/C14H19N3O3/c1-15-13(18)8-10-3-2-4-11(7-10)16-14(19)17-12-5-6-20-9-12/h2-4,7,12H,5-6,8-9H2,1H3,(H,15,18)(H2,16,17,19). The molecule has 0 bridgehead atoms. The van der Waals surface area contributed by atoms with Crippen molar-refractivity contribution in [2.45, 2.75) is 18.9 Å². The van der Waals surface area contributed by atoms with E-state index >= 15 is 0 Å². The number of carbonyl (C=O) groups excluding carboxylic acids is 2. The van der Waals surface area contributed by atoms with Gasteiger partial charge in [0, 0.05) is 19.3 Å². The van der Waals surface area contributed by atoms with Gasteiger partial charge in [-0.15, -0.1) is 0 Å². The first-order valence-corrected chi connectivity index (χ1v) is 6.62. The lowest BCUT2D eigenvalue weighted by Crippen LogP contribution is -2.38. The first kappa shape index (κ1) is 14.3. The van der Waals surface area contributed by atoms with Crippen LogP contribution in [0.2, 0.25) is 0 Å². The summed E-state index contributed by atoms with van der Waals surface area (Å²) in [5.41, 5.74) is 1.52. The minimum absolute atomic E-state index is 0.0605. The van der Waals surface area contributed by atoms with Crippen molar-refractivity contribution >= 4 is 17.6 Å². The van der Waals surface area contributed by atoms with Crippen molar-refractivity contribution in [2.75, 3.05) is 25.6 Å². The first-order chi connectivity index (χ1) is 9.67. The molecule has 1 atom stereocenters. The lowest BCUT2D eigenvalue weighted by molar-refractivity contribution is -0.119. The van der Waals surface area contributed by atoms with E-state index in [-0.39, 0.29) is 18.0 Å². The van der Waals surface area contributed by atoms with Crippen molar-refractivity contribution in [3.05, 3.63) is 29.8 Å². The van der Waals surface area contributed by atoms with Gasteiger partial charge in [-0.3, -0.25) is 4.79 Å². The van der Waals surface area contributed by atoms with Crippen LogP contribution >= 0.6 is 0 Å². The van der Waals surface area contributed by atoms with Crippen LogP contribution in [0.5, 0.6) is 0 Å². The van der Waals surface area contributed by atoms with E-state index in [9.17, 15) is 9.59 Å². The molecule has 108 valence electrons. The fourth-order valence-electron chi connectivity index (χ4n) is 2.03. The Morgan fingerprint density at radius 3 is 2.95 bits per heavy atom. The normalized spacial score (nSPS) is 17.6. The molecule has 1 fully saturated rings.